The molecule has 1 aromatic heterocycles. The Bertz CT molecular complexity index is 951. The van der Waals surface area contributed by atoms with Gasteiger partial charge in [0.25, 0.3) is 0 Å². The third-order valence-corrected chi connectivity index (χ3v) is 4.67. The van der Waals surface area contributed by atoms with Crippen LogP contribution in [0.3, 0.4) is 0 Å². The van der Waals surface area contributed by atoms with Crippen LogP contribution in [0.5, 0.6) is 0 Å². The Morgan fingerprint density at radius 1 is 1.18 bits per heavy atom. The summed E-state index contributed by atoms with van der Waals surface area (Å²) >= 11 is 0. The molecule has 146 valence electrons. The van der Waals surface area contributed by atoms with Gasteiger partial charge in [-0.05, 0) is 80.0 Å². The molecule has 3 rings (SSSR count). The van der Waals surface area contributed by atoms with Crippen LogP contribution in [-0.2, 0) is 20.0 Å². The van der Waals surface area contributed by atoms with E-state index in [1.807, 2.05) is 30.9 Å². The molecule has 0 unspecified atom stereocenters. The van der Waals surface area contributed by atoms with Crippen LogP contribution in [-0.4, -0.2) is 39.3 Å². The number of carboxylic acids is 1. The second kappa shape index (κ2) is 8.80. The molecule has 1 N–H and O–H groups in total. The van der Waals surface area contributed by atoms with E-state index in [1.54, 1.807) is 30.3 Å². The average Bonchev–Trinajstić information content (AvgIpc) is 3.03. The Morgan fingerprint density at radius 3 is 2.64 bits per heavy atom. The fraction of sp³-hybridized carbons (Fsp3) is 0.273. The molecule has 0 amide bonds. The minimum Gasteiger partial charge on any atom is -0.478 e. The fourth-order valence-electron chi connectivity index (χ4n) is 3.26. The molecule has 0 saturated heterocycles. The summed E-state index contributed by atoms with van der Waals surface area (Å²) in [5, 5.41) is 13.7. The maximum atomic E-state index is 13.1. The van der Waals surface area contributed by atoms with Crippen molar-refractivity contribution in [1.29, 1.82) is 0 Å². The van der Waals surface area contributed by atoms with Crippen molar-refractivity contribution >= 4 is 5.97 Å². The van der Waals surface area contributed by atoms with Gasteiger partial charge in [-0.15, -0.1) is 0 Å². The molecule has 0 spiro atoms. The van der Waals surface area contributed by atoms with Crippen molar-refractivity contribution in [3.63, 3.8) is 0 Å². The number of carbonyl (C=O) groups is 1. The third kappa shape index (κ3) is 5.04. The Hall–Kier alpha value is -2.99. The molecule has 0 aliphatic carbocycles. The van der Waals surface area contributed by atoms with Crippen LogP contribution in [0.15, 0.2) is 54.6 Å². The van der Waals surface area contributed by atoms with Gasteiger partial charge in [0.15, 0.2) is 0 Å². The van der Waals surface area contributed by atoms with Gasteiger partial charge in [0.1, 0.15) is 5.82 Å². The summed E-state index contributed by atoms with van der Waals surface area (Å²) in [5.74, 6) is -1.15. The van der Waals surface area contributed by atoms with Crippen molar-refractivity contribution < 1.29 is 14.3 Å². The highest BCUT2D eigenvalue weighted by molar-refractivity contribution is 5.87. The summed E-state index contributed by atoms with van der Waals surface area (Å²) in [6, 6.07) is 15.5. The Kier molecular flexibility index (Phi) is 6.21. The van der Waals surface area contributed by atoms with E-state index in [-0.39, 0.29) is 5.82 Å². The molecule has 6 heteroatoms. The summed E-state index contributed by atoms with van der Waals surface area (Å²) in [6.45, 7) is 1.57. The lowest BCUT2D eigenvalue weighted by Crippen LogP contribution is -2.19. The Balaban J connectivity index is 1.53. The Morgan fingerprint density at radius 2 is 1.93 bits per heavy atom. The Labute approximate surface area is 164 Å². The number of rotatable bonds is 8. The molecular weight excluding hydrogens is 357 g/mol. The van der Waals surface area contributed by atoms with Gasteiger partial charge in [-0.2, -0.15) is 5.10 Å². The van der Waals surface area contributed by atoms with Crippen LogP contribution < -0.4 is 0 Å². The van der Waals surface area contributed by atoms with E-state index in [1.165, 1.54) is 12.1 Å². The van der Waals surface area contributed by atoms with Gasteiger partial charge in [0.2, 0.25) is 0 Å². The molecule has 3 aromatic rings. The molecule has 28 heavy (non-hydrogen) atoms. The average molecular weight is 381 g/mol. The predicted octanol–water partition coefficient (Wildman–Crippen LogP) is 3.99. The zero-order chi connectivity index (χ0) is 20.1. The number of aromatic carboxylic acids is 1. The standard InChI is InChI=1S/C22H24FN3O2/c1-25(15-16-5-3-6-18(13-16)22(27)28)12-4-7-20-14-21(26(2)24-20)17-8-10-19(23)11-9-17/h3,5-6,8-11,13-14H,4,7,12,15H2,1-2H3,(H,27,28). The summed E-state index contributed by atoms with van der Waals surface area (Å²) in [4.78, 5) is 13.2. The molecule has 0 aliphatic rings. The van der Waals surface area contributed by atoms with Crippen molar-refractivity contribution in [2.75, 3.05) is 13.6 Å². The summed E-state index contributed by atoms with van der Waals surface area (Å²) in [5.41, 5.74) is 4.21. The highest BCUT2D eigenvalue weighted by Gasteiger charge is 2.09. The van der Waals surface area contributed by atoms with E-state index < -0.39 is 5.97 Å². The molecule has 0 saturated carbocycles. The number of nitrogens with zero attached hydrogens (tertiary/aromatic N) is 3. The first-order valence-electron chi connectivity index (χ1n) is 9.22. The first kappa shape index (κ1) is 19.8. The predicted molar refractivity (Wildman–Crippen MR) is 107 cm³/mol. The molecular formula is C22H24FN3O2. The zero-order valence-corrected chi connectivity index (χ0v) is 16.1. The van der Waals surface area contributed by atoms with Crippen LogP contribution in [0.4, 0.5) is 4.39 Å². The quantitative estimate of drug-likeness (QED) is 0.641. The number of aryl methyl sites for hydroxylation is 2. The second-order valence-corrected chi connectivity index (χ2v) is 7.00. The van der Waals surface area contributed by atoms with Gasteiger partial charge < -0.3 is 10.0 Å². The van der Waals surface area contributed by atoms with Gasteiger partial charge in [-0.1, -0.05) is 12.1 Å². The number of hydrogen-bond acceptors (Lipinski definition) is 3. The van der Waals surface area contributed by atoms with E-state index in [0.29, 0.717) is 12.1 Å². The monoisotopic (exact) mass is 381 g/mol. The lowest BCUT2D eigenvalue weighted by atomic mass is 10.1. The SMILES string of the molecule is CN(CCCc1cc(-c2ccc(F)cc2)n(C)n1)Cc1cccc(C(=O)O)c1. The molecule has 1 heterocycles. The van der Waals surface area contributed by atoms with Crippen molar-refractivity contribution in [1.82, 2.24) is 14.7 Å². The number of halogens is 1. The number of benzene rings is 2. The van der Waals surface area contributed by atoms with E-state index in [2.05, 4.69) is 10.00 Å². The van der Waals surface area contributed by atoms with Gasteiger partial charge >= 0.3 is 5.97 Å². The van der Waals surface area contributed by atoms with E-state index >= 15 is 0 Å². The minimum atomic E-state index is -0.906. The smallest absolute Gasteiger partial charge is 0.335 e. The first-order valence-corrected chi connectivity index (χ1v) is 9.22. The first-order chi connectivity index (χ1) is 13.4. The number of carboxylic acid groups (broad SMARTS) is 1. The van der Waals surface area contributed by atoms with Crippen LogP contribution >= 0.6 is 0 Å². The van der Waals surface area contributed by atoms with Crippen LogP contribution in [0.2, 0.25) is 0 Å². The topological polar surface area (TPSA) is 58.4 Å². The van der Waals surface area contributed by atoms with E-state index in [9.17, 15) is 9.18 Å². The highest BCUT2D eigenvalue weighted by atomic mass is 19.1. The normalized spacial score (nSPS) is 11.1. The van der Waals surface area contributed by atoms with Crippen LogP contribution in [0.25, 0.3) is 11.3 Å². The van der Waals surface area contributed by atoms with E-state index in [4.69, 9.17) is 5.11 Å². The third-order valence-electron chi connectivity index (χ3n) is 4.67. The maximum Gasteiger partial charge on any atom is 0.335 e. The molecule has 0 radical (unpaired) electrons. The zero-order valence-electron chi connectivity index (χ0n) is 16.1. The van der Waals surface area contributed by atoms with E-state index in [0.717, 1.165) is 41.9 Å². The summed E-state index contributed by atoms with van der Waals surface area (Å²) < 4.78 is 14.9. The van der Waals surface area contributed by atoms with Crippen molar-refractivity contribution in [3.8, 4) is 11.3 Å². The fourth-order valence-corrected chi connectivity index (χ4v) is 3.26. The van der Waals surface area contributed by atoms with Crippen LogP contribution in [0, 0.1) is 5.82 Å². The molecule has 0 atom stereocenters. The largest absolute Gasteiger partial charge is 0.478 e. The maximum absolute atomic E-state index is 13.1. The minimum absolute atomic E-state index is 0.247. The van der Waals surface area contributed by atoms with Crippen molar-refractivity contribution in [2.24, 2.45) is 7.05 Å². The molecule has 2 aromatic carbocycles. The van der Waals surface area contributed by atoms with Gasteiger partial charge in [0, 0.05) is 13.6 Å². The number of aromatic nitrogens is 2. The van der Waals surface area contributed by atoms with Gasteiger partial charge in [-0.25, -0.2) is 9.18 Å². The second-order valence-electron chi connectivity index (χ2n) is 7.00. The van der Waals surface area contributed by atoms with Crippen molar-refractivity contribution in [2.45, 2.75) is 19.4 Å². The molecule has 0 bridgehead atoms. The number of hydrogen-bond donors (Lipinski definition) is 1. The van der Waals surface area contributed by atoms with Gasteiger partial charge in [0.05, 0.1) is 17.0 Å². The highest BCUT2D eigenvalue weighted by Crippen LogP contribution is 2.21. The van der Waals surface area contributed by atoms with Crippen molar-refractivity contribution in [3.05, 3.63) is 77.2 Å². The lowest BCUT2D eigenvalue weighted by Gasteiger charge is -2.16. The molecule has 0 fully saturated rings. The van der Waals surface area contributed by atoms with Crippen LogP contribution in [0.1, 0.15) is 28.0 Å². The summed E-state index contributed by atoms with van der Waals surface area (Å²) in [6.07, 6.45) is 1.78. The lowest BCUT2D eigenvalue weighted by molar-refractivity contribution is 0.0696. The van der Waals surface area contributed by atoms with Gasteiger partial charge in [-0.3, -0.25) is 4.68 Å². The molecule has 5 nitrogen and oxygen atoms in total. The molecule has 0 aliphatic heterocycles. The summed E-state index contributed by atoms with van der Waals surface area (Å²) in [7, 11) is 3.92.